The lowest BCUT2D eigenvalue weighted by molar-refractivity contribution is -0.141. The Morgan fingerprint density at radius 2 is 2.14 bits per heavy atom. The van der Waals surface area contributed by atoms with Gasteiger partial charge in [-0.25, -0.2) is 0 Å². The van der Waals surface area contributed by atoms with Gasteiger partial charge in [-0.05, 0) is 68.2 Å². The summed E-state index contributed by atoms with van der Waals surface area (Å²) in [5.41, 5.74) is 1.91. The Morgan fingerprint density at radius 3 is 2.96 bits per heavy atom. The van der Waals surface area contributed by atoms with E-state index in [4.69, 9.17) is 16.3 Å². The maximum atomic E-state index is 13.4. The maximum absolute atomic E-state index is 13.4. The monoisotopic (exact) mass is 421 g/mol. The van der Waals surface area contributed by atoms with E-state index in [1.165, 1.54) is 0 Å². The molecule has 0 spiro atoms. The minimum absolute atomic E-state index is 0. The number of hydrogen-bond acceptors (Lipinski definition) is 4. The van der Waals surface area contributed by atoms with Crippen LogP contribution < -0.4 is 10.1 Å². The number of hydrogen-bond donors (Lipinski definition) is 1. The predicted molar refractivity (Wildman–Crippen MR) is 112 cm³/mol. The summed E-state index contributed by atoms with van der Waals surface area (Å²) in [6.07, 6.45) is 4.87. The van der Waals surface area contributed by atoms with Gasteiger partial charge >= 0.3 is 0 Å². The molecule has 7 heteroatoms. The van der Waals surface area contributed by atoms with Crippen molar-refractivity contribution in [2.24, 2.45) is 0 Å². The third kappa shape index (κ3) is 4.77. The number of carbonyl (C=O) groups excluding carboxylic acids is 1. The summed E-state index contributed by atoms with van der Waals surface area (Å²) >= 11 is 6.09. The van der Waals surface area contributed by atoms with E-state index < -0.39 is 6.10 Å². The van der Waals surface area contributed by atoms with E-state index in [0.717, 1.165) is 49.4 Å². The number of carbonyl (C=O) groups is 1. The third-order valence-electron chi connectivity index (χ3n) is 5.30. The molecule has 0 bridgehead atoms. The molecule has 2 unspecified atom stereocenters. The molecule has 28 heavy (non-hydrogen) atoms. The number of benzene rings is 1. The second-order valence-corrected chi connectivity index (χ2v) is 7.62. The van der Waals surface area contributed by atoms with Crippen molar-refractivity contribution in [3.63, 3.8) is 0 Å². The summed E-state index contributed by atoms with van der Waals surface area (Å²) in [5.74, 6) is 0.804. The summed E-state index contributed by atoms with van der Waals surface area (Å²) < 4.78 is 5.98. The molecule has 4 rings (SSSR count). The van der Waals surface area contributed by atoms with Crippen molar-refractivity contribution in [3.05, 3.63) is 58.9 Å². The highest BCUT2D eigenvalue weighted by Gasteiger charge is 2.35. The summed E-state index contributed by atoms with van der Waals surface area (Å²) in [6, 6.07) is 11.6. The highest BCUT2D eigenvalue weighted by atomic mass is 35.5. The lowest BCUT2D eigenvalue weighted by atomic mass is 10.0. The van der Waals surface area contributed by atoms with Crippen molar-refractivity contribution in [1.82, 2.24) is 15.2 Å². The molecule has 0 saturated carbocycles. The molecule has 2 atom stereocenters. The number of pyridine rings is 1. The lowest BCUT2D eigenvalue weighted by Gasteiger charge is -2.32. The van der Waals surface area contributed by atoms with E-state index >= 15 is 0 Å². The van der Waals surface area contributed by atoms with Gasteiger partial charge in [-0.3, -0.25) is 9.78 Å². The van der Waals surface area contributed by atoms with Gasteiger partial charge in [-0.15, -0.1) is 12.4 Å². The molecule has 1 aromatic carbocycles. The van der Waals surface area contributed by atoms with E-state index in [1.54, 1.807) is 12.3 Å². The first kappa shape index (κ1) is 20.9. The largest absolute Gasteiger partial charge is 0.480 e. The Hall–Kier alpha value is -1.82. The smallest absolute Gasteiger partial charge is 0.264 e. The second-order valence-electron chi connectivity index (χ2n) is 7.18. The van der Waals surface area contributed by atoms with Gasteiger partial charge in [-0.2, -0.15) is 0 Å². The van der Waals surface area contributed by atoms with Crippen LogP contribution >= 0.6 is 24.0 Å². The van der Waals surface area contributed by atoms with Gasteiger partial charge in [0.2, 0.25) is 0 Å². The first-order valence-electron chi connectivity index (χ1n) is 9.57. The zero-order valence-electron chi connectivity index (χ0n) is 15.6. The molecule has 1 amide bonds. The van der Waals surface area contributed by atoms with Crippen LogP contribution in [0.1, 0.15) is 30.5 Å². The van der Waals surface area contributed by atoms with E-state index in [-0.39, 0.29) is 24.4 Å². The molecule has 1 aromatic heterocycles. The number of ether oxygens (including phenoxy) is 1. The average Bonchev–Trinajstić information content (AvgIpc) is 2.92. The molecule has 0 radical (unpaired) electrons. The molecular weight excluding hydrogens is 397 g/mol. The Labute approximate surface area is 176 Å². The summed E-state index contributed by atoms with van der Waals surface area (Å²) in [7, 11) is 0. The number of nitrogens with zero attached hydrogens (tertiary/aromatic N) is 2. The zero-order valence-corrected chi connectivity index (χ0v) is 17.2. The van der Waals surface area contributed by atoms with Crippen LogP contribution in [0.25, 0.3) is 0 Å². The molecular formula is C21H25Cl2N3O2. The van der Waals surface area contributed by atoms with E-state index in [9.17, 15) is 4.79 Å². The minimum Gasteiger partial charge on any atom is -0.480 e. The molecule has 150 valence electrons. The Balaban J connectivity index is 0.00000225. The molecule has 3 heterocycles. The van der Waals surface area contributed by atoms with Gasteiger partial charge in [0, 0.05) is 23.7 Å². The molecule has 2 aliphatic heterocycles. The molecule has 5 nitrogen and oxygen atoms in total. The van der Waals surface area contributed by atoms with Crippen LogP contribution in [0.3, 0.4) is 0 Å². The fraction of sp³-hybridized carbons (Fsp3) is 0.429. The Morgan fingerprint density at radius 1 is 1.25 bits per heavy atom. The molecule has 2 aliphatic rings. The Kier molecular flexibility index (Phi) is 7.16. The maximum Gasteiger partial charge on any atom is 0.264 e. The quantitative estimate of drug-likeness (QED) is 0.818. The van der Waals surface area contributed by atoms with Gasteiger partial charge in [0.1, 0.15) is 5.75 Å². The lowest BCUT2D eigenvalue weighted by Crippen LogP contribution is -2.47. The van der Waals surface area contributed by atoms with Crippen molar-refractivity contribution >= 4 is 29.9 Å². The average molecular weight is 422 g/mol. The van der Waals surface area contributed by atoms with Crippen LogP contribution in [0.2, 0.25) is 5.02 Å². The van der Waals surface area contributed by atoms with Gasteiger partial charge in [0.05, 0.1) is 12.2 Å². The van der Waals surface area contributed by atoms with Crippen molar-refractivity contribution in [1.29, 1.82) is 0 Å². The molecule has 1 N–H and O–H groups in total. The van der Waals surface area contributed by atoms with E-state index in [1.807, 2.05) is 35.2 Å². The SMILES string of the molecule is Cl.O=C(C1Cc2cc(Cl)ccc2O1)N(Cc1ccccn1)C1CCCNCC1. The fourth-order valence-electron chi connectivity index (χ4n) is 3.91. The number of amides is 1. The first-order chi connectivity index (χ1) is 13.2. The van der Waals surface area contributed by atoms with Crippen LogP contribution in [-0.4, -0.2) is 41.0 Å². The number of fused-ring (bicyclic) bond motifs is 1. The highest BCUT2D eigenvalue weighted by Crippen LogP contribution is 2.32. The van der Waals surface area contributed by atoms with Gasteiger partial charge in [-0.1, -0.05) is 17.7 Å². The van der Waals surface area contributed by atoms with Crippen LogP contribution in [0.4, 0.5) is 0 Å². The second kappa shape index (κ2) is 9.59. The van der Waals surface area contributed by atoms with Crippen LogP contribution in [0.15, 0.2) is 42.6 Å². The van der Waals surface area contributed by atoms with Crippen LogP contribution in [0, 0.1) is 0 Å². The van der Waals surface area contributed by atoms with Crippen molar-refractivity contribution in [2.75, 3.05) is 13.1 Å². The van der Waals surface area contributed by atoms with Crippen molar-refractivity contribution in [3.8, 4) is 5.75 Å². The third-order valence-corrected chi connectivity index (χ3v) is 5.54. The van der Waals surface area contributed by atoms with Crippen LogP contribution in [-0.2, 0) is 17.8 Å². The number of halogens is 2. The van der Waals surface area contributed by atoms with Crippen molar-refractivity contribution in [2.45, 2.75) is 44.4 Å². The van der Waals surface area contributed by atoms with Gasteiger partial charge < -0.3 is 15.0 Å². The number of nitrogens with one attached hydrogen (secondary N) is 1. The molecule has 1 saturated heterocycles. The number of rotatable bonds is 4. The standard InChI is InChI=1S/C21H24ClN3O2.ClH/c22-16-6-7-19-15(12-16)13-20(27-19)21(26)25(14-17-4-1-2-10-24-17)18-5-3-9-23-11-8-18;/h1-2,4,6-7,10,12,18,20,23H,3,5,8-9,11,13-14H2;1H. The Bertz CT molecular complexity index is 795. The van der Waals surface area contributed by atoms with E-state index in [2.05, 4.69) is 10.3 Å². The first-order valence-corrected chi connectivity index (χ1v) is 9.95. The van der Waals surface area contributed by atoms with E-state index in [0.29, 0.717) is 18.0 Å². The summed E-state index contributed by atoms with van der Waals surface area (Å²) in [5, 5.41) is 4.10. The summed E-state index contributed by atoms with van der Waals surface area (Å²) in [6.45, 7) is 2.45. The van der Waals surface area contributed by atoms with Gasteiger partial charge in [0.25, 0.3) is 5.91 Å². The van der Waals surface area contributed by atoms with Crippen LogP contribution in [0.5, 0.6) is 5.75 Å². The molecule has 1 fully saturated rings. The zero-order chi connectivity index (χ0) is 18.6. The molecule has 0 aliphatic carbocycles. The van der Waals surface area contributed by atoms with Crippen molar-refractivity contribution < 1.29 is 9.53 Å². The predicted octanol–water partition coefficient (Wildman–Crippen LogP) is 3.63. The molecule has 2 aromatic rings. The normalized spacial score (nSPS) is 21.0. The highest BCUT2D eigenvalue weighted by molar-refractivity contribution is 6.30. The fourth-order valence-corrected chi connectivity index (χ4v) is 4.10. The number of aromatic nitrogens is 1. The van der Waals surface area contributed by atoms with Gasteiger partial charge in [0.15, 0.2) is 6.10 Å². The topological polar surface area (TPSA) is 54.5 Å². The minimum atomic E-state index is -0.488. The summed E-state index contributed by atoms with van der Waals surface area (Å²) in [4.78, 5) is 19.8.